The molecule has 0 fully saturated rings. The number of aromatic nitrogens is 2. The summed E-state index contributed by atoms with van der Waals surface area (Å²) in [5, 5.41) is 3.34. The fourth-order valence-corrected chi connectivity index (χ4v) is 2.21. The summed E-state index contributed by atoms with van der Waals surface area (Å²) in [6.07, 6.45) is 3.70. The second-order valence-electron chi connectivity index (χ2n) is 5.09. The standard InChI is InChI=1S/C15H29N5O/c1-5-20(6-2)10-8-9-12(4)19-14-13(16)15(21-7-3)18-11-17-14/h11-12H,5-10,16H2,1-4H3,(H,17,18,19). The Balaban J connectivity index is 2.47. The van der Waals surface area contributed by atoms with Crippen molar-refractivity contribution in [1.29, 1.82) is 0 Å². The fraction of sp³-hybridized carbons (Fsp3) is 0.733. The van der Waals surface area contributed by atoms with Gasteiger partial charge in [0.1, 0.15) is 12.0 Å². The Bertz CT molecular complexity index is 409. The number of nitrogens with zero attached hydrogens (tertiary/aromatic N) is 3. The summed E-state index contributed by atoms with van der Waals surface area (Å²) in [7, 11) is 0. The van der Waals surface area contributed by atoms with E-state index in [9.17, 15) is 0 Å². The van der Waals surface area contributed by atoms with E-state index in [4.69, 9.17) is 10.5 Å². The summed E-state index contributed by atoms with van der Waals surface area (Å²) in [5.41, 5.74) is 6.50. The SMILES string of the molecule is CCOc1ncnc(NC(C)CCCN(CC)CC)c1N. The molecule has 1 unspecified atom stereocenters. The molecule has 0 radical (unpaired) electrons. The molecule has 6 heteroatoms. The number of hydrogen-bond acceptors (Lipinski definition) is 6. The number of ether oxygens (including phenoxy) is 1. The van der Waals surface area contributed by atoms with Gasteiger partial charge in [0.25, 0.3) is 0 Å². The molecule has 0 saturated heterocycles. The first kappa shape index (κ1) is 17.5. The van der Waals surface area contributed by atoms with Crippen LogP contribution in [0.2, 0.25) is 0 Å². The number of nitrogen functional groups attached to an aromatic ring is 1. The zero-order chi connectivity index (χ0) is 15.7. The highest BCUT2D eigenvalue weighted by Gasteiger charge is 2.11. The second-order valence-corrected chi connectivity index (χ2v) is 5.09. The number of rotatable bonds is 10. The van der Waals surface area contributed by atoms with Crippen LogP contribution in [-0.2, 0) is 0 Å². The smallest absolute Gasteiger partial charge is 0.242 e. The Hall–Kier alpha value is -1.56. The van der Waals surface area contributed by atoms with Crippen LogP contribution in [0.3, 0.4) is 0 Å². The molecule has 1 rings (SSSR count). The molecule has 1 atom stereocenters. The third kappa shape index (κ3) is 5.75. The first-order valence-corrected chi connectivity index (χ1v) is 7.84. The zero-order valence-corrected chi connectivity index (χ0v) is 13.7. The quantitative estimate of drug-likeness (QED) is 0.690. The van der Waals surface area contributed by atoms with Crippen LogP contribution in [-0.4, -0.2) is 47.2 Å². The van der Waals surface area contributed by atoms with E-state index in [1.807, 2.05) is 6.92 Å². The molecule has 0 aliphatic carbocycles. The van der Waals surface area contributed by atoms with Crippen LogP contribution >= 0.6 is 0 Å². The highest BCUT2D eigenvalue weighted by molar-refractivity contribution is 5.66. The van der Waals surface area contributed by atoms with Crippen LogP contribution in [0.25, 0.3) is 0 Å². The molecule has 0 aliphatic rings. The Morgan fingerprint density at radius 3 is 2.62 bits per heavy atom. The Morgan fingerprint density at radius 2 is 2.00 bits per heavy atom. The Kier molecular flexibility index (Phi) is 7.82. The highest BCUT2D eigenvalue weighted by Crippen LogP contribution is 2.25. The van der Waals surface area contributed by atoms with E-state index in [2.05, 4.69) is 41.0 Å². The third-order valence-electron chi connectivity index (χ3n) is 3.52. The van der Waals surface area contributed by atoms with Crippen LogP contribution in [0.15, 0.2) is 6.33 Å². The molecule has 21 heavy (non-hydrogen) atoms. The average Bonchev–Trinajstić information content (AvgIpc) is 2.48. The second kappa shape index (κ2) is 9.39. The molecule has 3 N–H and O–H groups in total. The molecule has 1 aromatic heterocycles. The van der Waals surface area contributed by atoms with Crippen LogP contribution < -0.4 is 15.8 Å². The van der Waals surface area contributed by atoms with E-state index in [0.717, 1.165) is 32.5 Å². The van der Waals surface area contributed by atoms with Crippen molar-refractivity contribution in [2.24, 2.45) is 0 Å². The van der Waals surface area contributed by atoms with Crippen molar-refractivity contribution in [3.8, 4) is 5.88 Å². The molecule has 0 spiro atoms. The normalized spacial score (nSPS) is 12.4. The number of nitrogens with one attached hydrogen (secondary N) is 1. The molecule has 1 aromatic rings. The van der Waals surface area contributed by atoms with E-state index in [1.165, 1.54) is 6.33 Å². The minimum Gasteiger partial charge on any atom is -0.476 e. The van der Waals surface area contributed by atoms with E-state index in [0.29, 0.717) is 30.0 Å². The van der Waals surface area contributed by atoms with Crippen molar-refractivity contribution in [3.63, 3.8) is 0 Å². The van der Waals surface area contributed by atoms with Crippen molar-refractivity contribution in [2.45, 2.75) is 46.6 Å². The first-order valence-electron chi connectivity index (χ1n) is 7.84. The third-order valence-corrected chi connectivity index (χ3v) is 3.52. The van der Waals surface area contributed by atoms with E-state index in [-0.39, 0.29) is 0 Å². The topological polar surface area (TPSA) is 76.3 Å². The van der Waals surface area contributed by atoms with Crippen molar-refractivity contribution < 1.29 is 4.74 Å². The van der Waals surface area contributed by atoms with Gasteiger partial charge in [0.05, 0.1) is 6.61 Å². The van der Waals surface area contributed by atoms with Crippen molar-refractivity contribution in [2.75, 3.05) is 37.3 Å². The van der Waals surface area contributed by atoms with Crippen LogP contribution in [0.1, 0.15) is 40.5 Å². The molecule has 1 heterocycles. The number of hydrogen-bond donors (Lipinski definition) is 2. The van der Waals surface area contributed by atoms with E-state index >= 15 is 0 Å². The van der Waals surface area contributed by atoms with Gasteiger partial charge in [-0.2, -0.15) is 4.98 Å². The van der Waals surface area contributed by atoms with Gasteiger partial charge in [-0.25, -0.2) is 4.98 Å². The van der Waals surface area contributed by atoms with Gasteiger partial charge >= 0.3 is 0 Å². The molecule has 120 valence electrons. The summed E-state index contributed by atoms with van der Waals surface area (Å²) < 4.78 is 5.38. The van der Waals surface area contributed by atoms with Gasteiger partial charge in [-0.3, -0.25) is 0 Å². The molecule has 0 amide bonds. The lowest BCUT2D eigenvalue weighted by Crippen LogP contribution is -2.26. The predicted octanol–water partition coefficient (Wildman–Crippen LogP) is 2.38. The van der Waals surface area contributed by atoms with E-state index in [1.54, 1.807) is 0 Å². The van der Waals surface area contributed by atoms with Crippen molar-refractivity contribution in [3.05, 3.63) is 6.33 Å². The monoisotopic (exact) mass is 295 g/mol. The molecule has 0 bridgehead atoms. The van der Waals surface area contributed by atoms with Crippen molar-refractivity contribution in [1.82, 2.24) is 14.9 Å². The minimum atomic E-state index is 0.312. The van der Waals surface area contributed by atoms with Crippen LogP contribution in [0, 0.1) is 0 Å². The fourth-order valence-electron chi connectivity index (χ4n) is 2.21. The van der Waals surface area contributed by atoms with Gasteiger partial charge in [0.2, 0.25) is 5.88 Å². The molecule has 6 nitrogen and oxygen atoms in total. The minimum absolute atomic E-state index is 0.312. The van der Waals surface area contributed by atoms with Gasteiger partial charge < -0.3 is 20.7 Å². The van der Waals surface area contributed by atoms with Gasteiger partial charge in [0.15, 0.2) is 5.82 Å². The van der Waals surface area contributed by atoms with Gasteiger partial charge in [-0.05, 0) is 46.3 Å². The Labute approximate surface area is 128 Å². The summed E-state index contributed by atoms with van der Waals surface area (Å²) in [6.45, 7) is 12.3. The maximum Gasteiger partial charge on any atom is 0.242 e. The lowest BCUT2D eigenvalue weighted by atomic mass is 10.1. The largest absolute Gasteiger partial charge is 0.476 e. The molecule has 0 saturated carbocycles. The van der Waals surface area contributed by atoms with Gasteiger partial charge in [-0.15, -0.1) is 0 Å². The Morgan fingerprint density at radius 1 is 1.29 bits per heavy atom. The first-order chi connectivity index (χ1) is 10.1. The molecule has 0 aliphatic heterocycles. The maximum absolute atomic E-state index is 6.02. The van der Waals surface area contributed by atoms with E-state index < -0.39 is 0 Å². The molecular weight excluding hydrogens is 266 g/mol. The predicted molar refractivity (Wildman–Crippen MR) is 87.7 cm³/mol. The number of nitrogens with two attached hydrogens (primary N) is 1. The lowest BCUT2D eigenvalue weighted by molar-refractivity contribution is 0.295. The van der Waals surface area contributed by atoms with Gasteiger partial charge in [-0.1, -0.05) is 13.8 Å². The van der Waals surface area contributed by atoms with Gasteiger partial charge in [0, 0.05) is 6.04 Å². The summed E-state index contributed by atoms with van der Waals surface area (Å²) in [4.78, 5) is 10.7. The summed E-state index contributed by atoms with van der Waals surface area (Å²) in [6, 6.07) is 0.312. The van der Waals surface area contributed by atoms with Crippen molar-refractivity contribution >= 4 is 11.5 Å². The summed E-state index contributed by atoms with van der Waals surface area (Å²) >= 11 is 0. The average molecular weight is 295 g/mol. The summed E-state index contributed by atoms with van der Waals surface area (Å²) in [5.74, 6) is 1.11. The highest BCUT2D eigenvalue weighted by atomic mass is 16.5. The zero-order valence-electron chi connectivity index (χ0n) is 13.7. The van der Waals surface area contributed by atoms with Crippen LogP contribution in [0.5, 0.6) is 5.88 Å². The number of anilines is 2. The molecular formula is C15H29N5O. The van der Waals surface area contributed by atoms with Crippen LogP contribution in [0.4, 0.5) is 11.5 Å². The maximum atomic E-state index is 6.02. The lowest BCUT2D eigenvalue weighted by Gasteiger charge is -2.20. The molecule has 0 aromatic carbocycles.